The minimum atomic E-state index is -0.736. The van der Waals surface area contributed by atoms with E-state index in [1.165, 1.54) is 11.3 Å². The first-order valence-corrected chi connectivity index (χ1v) is 12.1. The Balaban J connectivity index is 1.71. The number of aryl methyl sites for hydroxylation is 1. The molecule has 1 aliphatic rings. The van der Waals surface area contributed by atoms with E-state index in [0.717, 1.165) is 0 Å². The van der Waals surface area contributed by atoms with E-state index >= 15 is 0 Å². The number of amides is 1. The van der Waals surface area contributed by atoms with E-state index in [-0.39, 0.29) is 11.4 Å². The second kappa shape index (κ2) is 10.6. The van der Waals surface area contributed by atoms with E-state index in [0.29, 0.717) is 54.7 Å². The van der Waals surface area contributed by atoms with E-state index in [4.69, 9.17) is 9.47 Å². The quantitative estimate of drug-likeness (QED) is 0.408. The van der Waals surface area contributed by atoms with Crippen LogP contribution in [0.5, 0.6) is 11.5 Å². The number of hydrogen-bond acceptors (Lipinski definition) is 7. The van der Waals surface area contributed by atoms with Crippen molar-refractivity contribution in [2.75, 3.05) is 19.8 Å². The number of ether oxygens (including phenoxy) is 2. The molecule has 0 fully saturated rings. The fourth-order valence-corrected chi connectivity index (χ4v) is 4.76. The Bertz CT molecular complexity index is 1170. The summed E-state index contributed by atoms with van der Waals surface area (Å²) in [4.78, 5) is 32.6. The summed E-state index contributed by atoms with van der Waals surface area (Å²) in [5.74, 6) is -0.291. The van der Waals surface area contributed by atoms with Crippen LogP contribution in [0, 0.1) is 0 Å². The topological polar surface area (TPSA) is 93.9 Å². The number of aliphatic hydroxyl groups is 1. The fraction of sp³-hybridized carbons (Fsp3) is 0.320. The van der Waals surface area contributed by atoms with Crippen molar-refractivity contribution in [1.82, 2.24) is 14.5 Å². The second-order valence-corrected chi connectivity index (χ2v) is 8.64. The lowest BCUT2D eigenvalue weighted by Gasteiger charge is -2.27. The maximum absolute atomic E-state index is 13.4. The number of carbonyl (C=O) groups excluding carboxylic acids is 2. The summed E-state index contributed by atoms with van der Waals surface area (Å²) in [7, 11) is 0. The molecule has 1 N–H and O–H groups in total. The van der Waals surface area contributed by atoms with Crippen LogP contribution >= 0.6 is 11.3 Å². The van der Waals surface area contributed by atoms with Gasteiger partial charge in [-0.2, -0.15) is 0 Å². The highest BCUT2D eigenvalue weighted by Crippen LogP contribution is 2.42. The molecular formula is C25H27N3O5S. The Kier molecular flexibility index (Phi) is 7.32. The van der Waals surface area contributed by atoms with E-state index in [1.807, 2.05) is 30.7 Å². The molecule has 0 saturated carbocycles. The van der Waals surface area contributed by atoms with Crippen LogP contribution in [-0.2, 0) is 11.3 Å². The summed E-state index contributed by atoms with van der Waals surface area (Å²) in [6, 6.07) is 8.11. The number of aliphatic hydroxyl groups excluding tert-OH is 1. The Morgan fingerprint density at radius 1 is 1.15 bits per heavy atom. The largest absolute Gasteiger partial charge is 0.503 e. The lowest BCUT2D eigenvalue weighted by Crippen LogP contribution is -2.32. The van der Waals surface area contributed by atoms with Crippen molar-refractivity contribution in [2.24, 2.45) is 0 Å². The zero-order chi connectivity index (χ0) is 24.1. The van der Waals surface area contributed by atoms with Gasteiger partial charge in [0.2, 0.25) is 5.78 Å². The molecule has 0 radical (unpaired) electrons. The van der Waals surface area contributed by atoms with Crippen molar-refractivity contribution in [3.63, 3.8) is 0 Å². The lowest BCUT2D eigenvalue weighted by atomic mass is 9.95. The van der Waals surface area contributed by atoms with Crippen LogP contribution in [0.4, 0.5) is 0 Å². The first-order valence-electron chi connectivity index (χ1n) is 11.2. The molecule has 9 heteroatoms. The van der Waals surface area contributed by atoms with Crippen LogP contribution in [0.3, 0.4) is 0 Å². The molecular weight excluding hydrogens is 454 g/mol. The third-order valence-corrected chi connectivity index (χ3v) is 6.42. The fourth-order valence-electron chi connectivity index (χ4n) is 4.08. The van der Waals surface area contributed by atoms with Gasteiger partial charge in [0.05, 0.1) is 36.0 Å². The summed E-state index contributed by atoms with van der Waals surface area (Å²) in [5, 5.41) is 12.6. The van der Waals surface area contributed by atoms with Crippen LogP contribution in [0.2, 0.25) is 0 Å². The monoisotopic (exact) mass is 481 g/mol. The van der Waals surface area contributed by atoms with Gasteiger partial charge in [-0.05, 0) is 49.4 Å². The summed E-state index contributed by atoms with van der Waals surface area (Å²) < 4.78 is 13.4. The molecule has 3 heterocycles. The van der Waals surface area contributed by atoms with Gasteiger partial charge < -0.3 is 24.0 Å². The SMILES string of the molecule is CCOc1ccc([C@@H]2C(C(=O)c3cccs3)=C(O)C(=O)N2CCCn2ccnc2)cc1OCC. The zero-order valence-electron chi connectivity index (χ0n) is 19.1. The van der Waals surface area contributed by atoms with Crippen molar-refractivity contribution in [3.05, 3.63) is 76.2 Å². The third kappa shape index (κ3) is 4.70. The number of imidazole rings is 1. The normalized spacial score (nSPS) is 15.8. The third-order valence-electron chi connectivity index (χ3n) is 5.55. The van der Waals surface area contributed by atoms with Crippen LogP contribution in [0.25, 0.3) is 0 Å². The van der Waals surface area contributed by atoms with Crippen LogP contribution in [0.15, 0.2) is 65.8 Å². The number of aromatic nitrogens is 2. The van der Waals surface area contributed by atoms with Crippen molar-refractivity contribution in [1.29, 1.82) is 0 Å². The molecule has 0 aliphatic carbocycles. The summed E-state index contributed by atoms with van der Waals surface area (Å²) >= 11 is 1.28. The Morgan fingerprint density at radius 3 is 2.62 bits per heavy atom. The molecule has 178 valence electrons. The molecule has 3 aromatic rings. The van der Waals surface area contributed by atoms with E-state index < -0.39 is 17.7 Å². The van der Waals surface area contributed by atoms with E-state index in [1.54, 1.807) is 47.1 Å². The number of thiophene rings is 1. The van der Waals surface area contributed by atoms with Crippen molar-refractivity contribution in [3.8, 4) is 11.5 Å². The Labute approximate surface area is 202 Å². The van der Waals surface area contributed by atoms with Crippen LogP contribution in [-0.4, -0.2) is 51.0 Å². The summed E-state index contributed by atoms with van der Waals surface area (Å²) in [6.07, 6.45) is 5.89. The average Bonchev–Trinajstić information content (AvgIpc) is 3.59. The molecule has 0 saturated heterocycles. The van der Waals surface area contributed by atoms with Crippen LogP contribution in [0.1, 0.15) is 41.5 Å². The molecule has 1 amide bonds. The number of ketones is 1. The van der Waals surface area contributed by atoms with Crippen molar-refractivity contribution >= 4 is 23.0 Å². The number of hydrogen-bond donors (Lipinski definition) is 1. The van der Waals surface area contributed by atoms with Gasteiger partial charge in [-0.15, -0.1) is 11.3 Å². The second-order valence-electron chi connectivity index (χ2n) is 7.70. The minimum Gasteiger partial charge on any atom is -0.503 e. The highest BCUT2D eigenvalue weighted by molar-refractivity contribution is 7.12. The highest BCUT2D eigenvalue weighted by atomic mass is 32.1. The molecule has 2 aromatic heterocycles. The molecule has 1 aromatic carbocycles. The zero-order valence-corrected chi connectivity index (χ0v) is 20.0. The van der Waals surface area contributed by atoms with E-state index in [9.17, 15) is 14.7 Å². The number of benzene rings is 1. The first-order chi connectivity index (χ1) is 16.5. The standard InChI is InChI=1S/C25H27N3O5S/c1-3-32-18-9-8-17(15-19(18)33-4-2)22-21(23(29)20-7-5-14-34-20)24(30)25(31)28(22)12-6-11-27-13-10-26-16-27/h5,7-10,13-16,22,30H,3-4,6,11-12H2,1-2H3/t22-/m1/s1. The Morgan fingerprint density at radius 2 is 1.94 bits per heavy atom. The molecule has 0 unspecified atom stereocenters. The summed E-state index contributed by atoms with van der Waals surface area (Å²) in [6.45, 7) is 5.68. The first kappa shape index (κ1) is 23.6. The molecule has 34 heavy (non-hydrogen) atoms. The van der Waals surface area contributed by atoms with Crippen molar-refractivity contribution in [2.45, 2.75) is 32.9 Å². The lowest BCUT2D eigenvalue weighted by molar-refractivity contribution is -0.129. The van der Waals surface area contributed by atoms with Gasteiger partial charge in [-0.1, -0.05) is 12.1 Å². The molecule has 1 aliphatic heterocycles. The van der Waals surface area contributed by atoms with E-state index in [2.05, 4.69) is 4.98 Å². The number of nitrogens with zero attached hydrogens (tertiary/aromatic N) is 3. The van der Waals surface area contributed by atoms with Gasteiger partial charge in [0.25, 0.3) is 5.91 Å². The number of carbonyl (C=O) groups is 2. The van der Waals surface area contributed by atoms with Gasteiger partial charge in [-0.25, -0.2) is 4.98 Å². The maximum atomic E-state index is 13.4. The molecule has 4 rings (SSSR count). The van der Waals surface area contributed by atoms with Crippen LogP contribution < -0.4 is 9.47 Å². The predicted octanol–water partition coefficient (Wildman–Crippen LogP) is 4.41. The average molecular weight is 482 g/mol. The number of Topliss-reactive ketones (excluding diaryl/α,β-unsaturated/α-hetero) is 1. The smallest absolute Gasteiger partial charge is 0.290 e. The summed E-state index contributed by atoms with van der Waals surface area (Å²) in [5.41, 5.74) is 0.758. The van der Waals surface area contributed by atoms with Gasteiger partial charge in [-0.3, -0.25) is 9.59 Å². The van der Waals surface area contributed by atoms with Crippen molar-refractivity contribution < 1.29 is 24.2 Å². The number of rotatable bonds is 11. The van der Waals surface area contributed by atoms with Gasteiger partial charge >= 0.3 is 0 Å². The maximum Gasteiger partial charge on any atom is 0.290 e. The predicted molar refractivity (Wildman–Crippen MR) is 128 cm³/mol. The highest BCUT2D eigenvalue weighted by Gasteiger charge is 2.44. The molecule has 8 nitrogen and oxygen atoms in total. The molecule has 0 bridgehead atoms. The van der Waals surface area contributed by atoms with Gasteiger partial charge in [0.1, 0.15) is 0 Å². The van der Waals surface area contributed by atoms with Gasteiger partial charge in [0, 0.05) is 25.5 Å². The van der Waals surface area contributed by atoms with Gasteiger partial charge in [0.15, 0.2) is 17.3 Å². The minimum absolute atomic E-state index is 0.0849. The molecule has 0 spiro atoms. The Hall–Kier alpha value is -3.59. The molecule has 1 atom stereocenters.